The molecule has 1 N–H and O–H groups in total. The van der Waals surface area contributed by atoms with Crippen molar-refractivity contribution in [3.05, 3.63) is 18.3 Å². The lowest BCUT2D eigenvalue weighted by Gasteiger charge is -2.15. The van der Waals surface area contributed by atoms with Crippen molar-refractivity contribution in [2.45, 2.75) is 5.03 Å². The molecule has 0 spiro atoms. The van der Waals surface area contributed by atoms with Gasteiger partial charge in [0.1, 0.15) is 5.03 Å². The first-order valence-electron chi connectivity index (χ1n) is 3.24. The third-order valence-electron chi connectivity index (χ3n) is 1.39. The fraction of sp³-hybridized carbons (Fsp3) is 0.143. The van der Waals surface area contributed by atoms with Gasteiger partial charge in [-0.25, -0.2) is 4.98 Å². The molecule has 1 aromatic heterocycles. The van der Waals surface area contributed by atoms with E-state index in [9.17, 15) is 0 Å². The molecule has 4 heteroatoms. The Morgan fingerprint density at radius 2 is 2.55 bits per heavy atom. The summed E-state index contributed by atoms with van der Waals surface area (Å²) in [6.07, 6.45) is 1.79. The molecule has 0 fully saturated rings. The summed E-state index contributed by atoms with van der Waals surface area (Å²) in [5.41, 5.74) is 1.04. The van der Waals surface area contributed by atoms with Crippen molar-refractivity contribution in [3.63, 3.8) is 0 Å². The van der Waals surface area contributed by atoms with Gasteiger partial charge in [0.05, 0.1) is 16.4 Å². The Kier molecular flexibility index (Phi) is 1.79. The number of hydrogen-bond donors (Lipinski definition) is 1. The van der Waals surface area contributed by atoms with Crippen LogP contribution in [0.3, 0.4) is 0 Å². The van der Waals surface area contributed by atoms with Gasteiger partial charge in [-0.05, 0) is 12.1 Å². The van der Waals surface area contributed by atoms with Gasteiger partial charge in [0.15, 0.2) is 0 Å². The highest BCUT2D eigenvalue weighted by atomic mass is 32.2. The first kappa shape index (κ1) is 7.06. The number of fused-ring (bicyclic) bond motifs is 1. The van der Waals surface area contributed by atoms with Gasteiger partial charge in [0.25, 0.3) is 0 Å². The largest absolute Gasteiger partial charge is 0.347 e. The summed E-state index contributed by atoms with van der Waals surface area (Å²) in [6.45, 7) is 0. The number of nitrogens with one attached hydrogen (secondary N) is 1. The Labute approximate surface area is 74.4 Å². The zero-order valence-corrected chi connectivity index (χ0v) is 7.34. The van der Waals surface area contributed by atoms with E-state index in [1.807, 2.05) is 12.1 Å². The van der Waals surface area contributed by atoms with E-state index in [0.29, 0.717) is 0 Å². The maximum absolute atomic E-state index is 5.02. The van der Waals surface area contributed by atoms with Crippen molar-refractivity contribution in [2.75, 3.05) is 11.1 Å². The number of thiocarbonyl (C=S) groups is 1. The third kappa shape index (κ3) is 1.36. The van der Waals surface area contributed by atoms with E-state index < -0.39 is 0 Å². The number of nitrogens with zero attached hydrogens (tertiary/aromatic N) is 1. The summed E-state index contributed by atoms with van der Waals surface area (Å²) in [7, 11) is 0. The van der Waals surface area contributed by atoms with Gasteiger partial charge >= 0.3 is 0 Å². The second-order valence-electron chi connectivity index (χ2n) is 2.19. The molecule has 2 heterocycles. The minimum absolute atomic E-state index is 0.847. The van der Waals surface area contributed by atoms with Gasteiger partial charge in [-0.1, -0.05) is 24.0 Å². The molecule has 1 aliphatic heterocycles. The Morgan fingerprint density at radius 1 is 1.64 bits per heavy atom. The fourth-order valence-corrected chi connectivity index (χ4v) is 1.96. The highest BCUT2D eigenvalue weighted by Gasteiger charge is 2.11. The second kappa shape index (κ2) is 2.79. The van der Waals surface area contributed by atoms with Crippen molar-refractivity contribution < 1.29 is 0 Å². The quantitative estimate of drug-likeness (QED) is 0.620. The predicted octanol–water partition coefficient (Wildman–Crippen LogP) is 1.93. The molecule has 11 heavy (non-hydrogen) atoms. The standard InChI is InChI=1S/C7H6N2S2/c10-6-4-11-7-5(9-6)2-1-3-8-7/h1-3H,4H2,(H,9,10). The topological polar surface area (TPSA) is 24.9 Å². The smallest absolute Gasteiger partial charge is 0.120 e. The number of aromatic nitrogens is 1. The van der Waals surface area contributed by atoms with E-state index in [-0.39, 0.29) is 0 Å². The maximum atomic E-state index is 5.02. The molecule has 56 valence electrons. The van der Waals surface area contributed by atoms with Crippen molar-refractivity contribution in [2.24, 2.45) is 0 Å². The van der Waals surface area contributed by atoms with Crippen LogP contribution in [0.15, 0.2) is 23.4 Å². The van der Waals surface area contributed by atoms with Crippen molar-refractivity contribution in [3.8, 4) is 0 Å². The predicted molar refractivity (Wildman–Crippen MR) is 51.2 cm³/mol. The Bertz CT molecular complexity index is 298. The summed E-state index contributed by atoms with van der Waals surface area (Å²) in [4.78, 5) is 5.08. The summed E-state index contributed by atoms with van der Waals surface area (Å²) in [5.74, 6) is 0.847. The van der Waals surface area contributed by atoms with E-state index in [1.165, 1.54) is 0 Å². The van der Waals surface area contributed by atoms with Crippen LogP contribution in [0.25, 0.3) is 0 Å². The van der Waals surface area contributed by atoms with Crippen LogP contribution >= 0.6 is 24.0 Å². The van der Waals surface area contributed by atoms with Crippen LogP contribution in [-0.2, 0) is 0 Å². The molecule has 0 atom stereocenters. The molecule has 2 rings (SSSR count). The van der Waals surface area contributed by atoms with Gasteiger partial charge in [-0.15, -0.1) is 0 Å². The minimum Gasteiger partial charge on any atom is -0.347 e. The number of rotatable bonds is 0. The normalized spacial score (nSPS) is 15.5. The van der Waals surface area contributed by atoms with Crippen LogP contribution in [0.2, 0.25) is 0 Å². The first-order chi connectivity index (χ1) is 5.36. The van der Waals surface area contributed by atoms with E-state index >= 15 is 0 Å². The number of thioether (sulfide) groups is 1. The van der Waals surface area contributed by atoms with Gasteiger partial charge in [-0.3, -0.25) is 0 Å². The second-order valence-corrected chi connectivity index (χ2v) is 3.65. The average molecular weight is 182 g/mol. The molecular formula is C7H6N2S2. The first-order valence-corrected chi connectivity index (χ1v) is 4.63. The third-order valence-corrected chi connectivity index (χ3v) is 2.85. The van der Waals surface area contributed by atoms with E-state index in [0.717, 1.165) is 21.5 Å². The van der Waals surface area contributed by atoms with E-state index in [1.54, 1.807) is 18.0 Å². The molecule has 1 aromatic rings. The van der Waals surface area contributed by atoms with Crippen molar-refractivity contribution in [1.82, 2.24) is 4.98 Å². The average Bonchev–Trinajstić information content (AvgIpc) is 2.04. The number of anilines is 1. The zero-order valence-electron chi connectivity index (χ0n) is 5.70. The van der Waals surface area contributed by atoms with Crippen LogP contribution in [0.1, 0.15) is 0 Å². The van der Waals surface area contributed by atoms with Crippen molar-refractivity contribution >= 4 is 34.7 Å². The molecule has 0 bridgehead atoms. The Morgan fingerprint density at radius 3 is 3.45 bits per heavy atom. The van der Waals surface area contributed by atoms with E-state index in [2.05, 4.69) is 10.3 Å². The molecule has 1 aliphatic rings. The molecule has 0 radical (unpaired) electrons. The number of hydrogen-bond acceptors (Lipinski definition) is 3. The van der Waals surface area contributed by atoms with Crippen LogP contribution in [0.4, 0.5) is 5.69 Å². The Hall–Kier alpha value is -0.610. The molecule has 2 nitrogen and oxygen atoms in total. The maximum Gasteiger partial charge on any atom is 0.120 e. The lowest BCUT2D eigenvalue weighted by Crippen LogP contribution is -2.16. The molecule has 0 saturated heterocycles. The molecule has 0 aromatic carbocycles. The highest BCUT2D eigenvalue weighted by molar-refractivity contribution is 8.01. The SMILES string of the molecule is S=C1CSc2ncccc2N1. The van der Waals surface area contributed by atoms with Gasteiger partial charge in [0, 0.05) is 6.20 Å². The monoisotopic (exact) mass is 182 g/mol. The minimum atomic E-state index is 0.847. The fourth-order valence-electron chi connectivity index (χ4n) is 0.921. The lowest BCUT2D eigenvalue weighted by atomic mass is 10.4. The van der Waals surface area contributed by atoms with Crippen molar-refractivity contribution in [1.29, 1.82) is 0 Å². The summed E-state index contributed by atoms with van der Waals surface area (Å²) < 4.78 is 0. The Balaban J connectivity index is 2.41. The lowest BCUT2D eigenvalue weighted by molar-refractivity contribution is 1.14. The summed E-state index contributed by atoms with van der Waals surface area (Å²) in [6, 6.07) is 3.89. The summed E-state index contributed by atoms with van der Waals surface area (Å²) >= 11 is 6.70. The van der Waals surface area contributed by atoms with Gasteiger partial charge in [-0.2, -0.15) is 0 Å². The molecule has 0 amide bonds. The molecule has 0 unspecified atom stereocenters. The van der Waals surface area contributed by atoms with Crippen LogP contribution in [0, 0.1) is 0 Å². The zero-order chi connectivity index (χ0) is 7.68. The van der Waals surface area contributed by atoms with Gasteiger partial charge < -0.3 is 5.32 Å². The van der Waals surface area contributed by atoms with Crippen LogP contribution < -0.4 is 5.32 Å². The van der Waals surface area contributed by atoms with Crippen LogP contribution in [-0.4, -0.2) is 15.7 Å². The van der Waals surface area contributed by atoms with Gasteiger partial charge in [0.2, 0.25) is 0 Å². The van der Waals surface area contributed by atoms with Crippen LogP contribution in [0.5, 0.6) is 0 Å². The highest BCUT2D eigenvalue weighted by Crippen LogP contribution is 2.28. The molecule has 0 saturated carbocycles. The number of pyridine rings is 1. The molecule has 0 aliphatic carbocycles. The summed E-state index contributed by atoms with van der Waals surface area (Å²) in [5, 5.41) is 4.15. The van der Waals surface area contributed by atoms with E-state index in [4.69, 9.17) is 12.2 Å². The molecular weight excluding hydrogens is 176 g/mol.